The van der Waals surface area contributed by atoms with Gasteiger partial charge in [0.05, 0.1) is 6.07 Å². The first-order valence-corrected chi connectivity index (χ1v) is 7.14. The zero-order chi connectivity index (χ0) is 15.5. The van der Waals surface area contributed by atoms with Crippen LogP contribution in [0.25, 0.3) is 0 Å². The van der Waals surface area contributed by atoms with Crippen molar-refractivity contribution in [1.82, 2.24) is 14.7 Å². The lowest BCUT2D eigenvalue weighted by molar-refractivity contribution is -0.402. The number of carbonyl (C=O) groups excluding carboxylic acids is 1. The number of likely N-dealkylation sites (tertiary alicyclic amines) is 1. The largest absolute Gasteiger partial charge is 0.433 e. The summed E-state index contributed by atoms with van der Waals surface area (Å²) < 4.78 is 6.87. The third-order valence-corrected chi connectivity index (χ3v) is 3.89. The normalized spacial score (nSPS) is 15.9. The molecule has 1 aliphatic rings. The van der Waals surface area contributed by atoms with E-state index in [1.54, 1.807) is 11.1 Å². The van der Waals surface area contributed by atoms with E-state index < -0.39 is 10.8 Å². The smallest absolute Gasteiger partial charge is 0.395 e. The minimum Gasteiger partial charge on any atom is -0.395 e. The van der Waals surface area contributed by atoms with Crippen LogP contribution in [0.1, 0.15) is 23.4 Å². The third kappa shape index (κ3) is 3.00. The van der Waals surface area contributed by atoms with E-state index in [4.69, 9.17) is 4.42 Å². The van der Waals surface area contributed by atoms with Crippen LogP contribution in [0.4, 0.5) is 5.88 Å². The van der Waals surface area contributed by atoms with Crippen molar-refractivity contribution in [1.29, 1.82) is 0 Å². The second kappa shape index (κ2) is 6.00. The summed E-state index contributed by atoms with van der Waals surface area (Å²) in [6.07, 6.45) is 5.45. The maximum absolute atomic E-state index is 12.3. The molecule has 0 aliphatic carbocycles. The molecule has 3 rings (SSSR count). The first-order valence-electron chi connectivity index (χ1n) is 7.14. The fraction of sp³-hybridized carbons (Fsp3) is 0.429. The van der Waals surface area contributed by atoms with Gasteiger partial charge in [0.15, 0.2) is 5.76 Å². The Hall–Kier alpha value is -2.64. The Kier molecular flexibility index (Phi) is 3.90. The molecule has 0 saturated carbocycles. The molecule has 0 spiro atoms. The number of hydrogen-bond acceptors (Lipinski definition) is 5. The van der Waals surface area contributed by atoms with Crippen LogP contribution in [0, 0.1) is 16.0 Å². The number of carbonyl (C=O) groups is 1. The zero-order valence-corrected chi connectivity index (χ0v) is 11.9. The third-order valence-electron chi connectivity index (χ3n) is 3.89. The molecule has 0 N–H and O–H groups in total. The van der Waals surface area contributed by atoms with Crippen LogP contribution in [0.15, 0.2) is 35.0 Å². The van der Waals surface area contributed by atoms with Crippen molar-refractivity contribution in [2.45, 2.75) is 19.4 Å². The summed E-state index contributed by atoms with van der Waals surface area (Å²) in [7, 11) is 0. The second-order valence-electron chi connectivity index (χ2n) is 5.36. The fourth-order valence-electron chi connectivity index (χ4n) is 2.69. The molecule has 2 aromatic heterocycles. The van der Waals surface area contributed by atoms with E-state index in [2.05, 4.69) is 5.10 Å². The average Bonchev–Trinajstić information content (AvgIpc) is 3.18. The Morgan fingerprint density at radius 3 is 2.77 bits per heavy atom. The summed E-state index contributed by atoms with van der Waals surface area (Å²) in [6, 6.07) is 4.45. The predicted octanol–water partition coefficient (Wildman–Crippen LogP) is 1.94. The van der Waals surface area contributed by atoms with E-state index in [9.17, 15) is 14.9 Å². The minimum atomic E-state index is -0.646. The molecule has 1 saturated heterocycles. The fourth-order valence-corrected chi connectivity index (χ4v) is 2.69. The van der Waals surface area contributed by atoms with Crippen LogP contribution in [0.2, 0.25) is 0 Å². The minimum absolute atomic E-state index is 0.0252. The Morgan fingerprint density at radius 1 is 1.41 bits per heavy atom. The number of rotatable bonds is 4. The lowest BCUT2D eigenvalue weighted by Gasteiger charge is -2.31. The van der Waals surface area contributed by atoms with Crippen LogP contribution in [-0.4, -0.2) is 38.6 Å². The van der Waals surface area contributed by atoms with Crippen molar-refractivity contribution < 1.29 is 14.1 Å². The molecule has 0 aromatic carbocycles. The van der Waals surface area contributed by atoms with Crippen molar-refractivity contribution >= 4 is 11.8 Å². The number of hydrogen-bond donors (Lipinski definition) is 0. The molecule has 1 amide bonds. The van der Waals surface area contributed by atoms with E-state index in [0.717, 1.165) is 19.4 Å². The van der Waals surface area contributed by atoms with E-state index in [-0.39, 0.29) is 11.7 Å². The van der Waals surface area contributed by atoms with Gasteiger partial charge in [0.2, 0.25) is 0 Å². The lowest BCUT2D eigenvalue weighted by Crippen LogP contribution is -2.39. The van der Waals surface area contributed by atoms with Crippen LogP contribution in [-0.2, 0) is 6.54 Å². The Bertz CT molecular complexity index is 656. The SMILES string of the molecule is O=C(c1ccc([N+](=O)[O-])o1)N1CCC(Cn2cccn2)CC1. The summed E-state index contributed by atoms with van der Waals surface area (Å²) in [5, 5.41) is 14.8. The molecule has 8 nitrogen and oxygen atoms in total. The molecule has 2 aromatic rings. The molecular weight excluding hydrogens is 288 g/mol. The maximum Gasteiger partial charge on any atom is 0.433 e. The molecule has 0 radical (unpaired) electrons. The summed E-state index contributed by atoms with van der Waals surface area (Å²) in [4.78, 5) is 23.9. The summed E-state index contributed by atoms with van der Waals surface area (Å²) in [6.45, 7) is 2.10. The number of amides is 1. The molecule has 22 heavy (non-hydrogen) atoms. The summed E-state index contributed by atoms with van der Waals surface area (Å²) in [5.74, 6) is -0.185. The molecule has 0 bridgehead atoms. The molecular formula is C14H16N4O4. The van der Waals surface area contributed by atoms with Gasteiger partial charge in [0.1, 0.15) is 4.92 Å². The van der Waals surface area contributed by atoms with Gasteiger partial charge >= 0.3 is 5.88 Å². The molecule has 116 valence electrons. The molecule has 1 aliphatic heterocycles. The number of piperidine rings is 1. The van der Waals surface area contributed by atoms with E-state index in [1.807, 2.05) is 16.9 Å². The predicted molar refractivity (Wildman–Crippen MR) is 76.2 cm³/mol. The van der Waals surface area contributed by atoms with E-state index in [0.29, 0.717) is 19.0 Å². The van der Waals surface area contributed by atoms with Gasteiger partial charge in [-0.05, 0) is 30.9 Å². The number of aromatic nitrogens is 2. The van der Waals surface area contributed by atoms with Crippen molar-refractivity contribution in [3.05, 3.63) is 46.5 Å². The zero-order valence-electron chi connectivity index (χ0n) is 11.9. The Morgan fingerprint density at radius 2 is 2.18 bits per heavy atom. The molecule has 1 fully saturated rings. The van der Waals surface area contributed by atoms with Crippen LogP contribution < -0.4 is 0 Å². The molecule has 0 unspecified atom stereocenters. The first-order chi connectivity index (χ1) is 10.6. The van der Waals surface area contributed by atoms with Crippen molar-refractivity contribution in [3.8, 4) is 0 Å². The lowest BCUT2D eigenvalue weighted by atomic mass is 9.96. The number of nitro groups is 1. The standard InChI is InChI=1S/C14H16N4O4/c19-14(12-2-3-13(22-12)18(20)21)16-8-4-11(5-9-16)10-17-7-1-6-15-17/h1-3,6-7,11H,4-5,8-10H2. The second-order valence-corrected chi connectivity index (χ2v) is 5.36. The molecule has 8 heteroatoms. The molecule has 0 atom stereocenters. The van der Waals surface area contributed by atoms with Gasteiger partial charge in [-0.3, -0.25) is 19.6 Å². The quantitative estimate of drug-likeness (QED) is 0.635. The highest BCUT2D eigenvalue weighted by atomic mass is 16.6. The molecule has 3 heterocycles. The highest BCUT2D eigenvalue weighted by Crippen LogP contribution is 2.22. The summed E-state index contributed by atoms with van der Waals surface area (Å²) >= 11 is 0. The van der Waals surface area contributed by atoms with Crippen LogP contribution in [0.5, 0.6) is 0 Å². The first kappa shape index (κ1) is 14.3. The van der Waals surface area contributed by atoms with Gasteiger partial charge in [-0.1, -0.05) is 0 Å². The Labute approximate surface area is 126 Å². The van der Waals surface area contributed by atoms with Gasteiger partial charge in [-0.2, -0.15) is 5.10 Å². The van der Waals surface area contributed by atoms with Gasteiger partial charge in [0.25, 0.3) is 5.91 Å². The highest BCUT2D eigenvalue weighted by molar-refractivity contribution is 5.91. The van der Waals surface area contributed by atoms with Gasteiger partial charge in [-0.25, -0.2) is 0 Å². The summed E-state index contributed by atoms with van der Waals surface area (Å²) in [5.41, 5.74) is 0. The van der Waals surface area contributed by atoms with Crippen LogP contribution in [0.3, 0.4) is 0 Å². The number of nitrogens with zero attached hydrogens (tertiary/aromatic N) is 4. The maximum atomic E-state index is 12.3. The van der Waals surface area contributed by atoms with Crippen molar-refractivity contribution in [2.24, 2.45) is 5.92 Å². The van der Waals surface area contributed by atoms with Gasteiger partial charge < -0.3 is 9.32 Å². The monoisotopic (exact) mass is 304 g/mol. The van der Waals surface area contributed by atoms with E-state index >= 15 is 0 Å². The van der Waals surface area contributed by atoms with Crippen LogP contribution >= 0.6 is 0 Å². The highest BCUT2D eigenvalue weighted by Gasteiger charge is 2.27. The topological polar surface area (TPSA) is 94.4 Å². The van der Waals surface area contributed by atoms with E-state index in [1.165, 1.54) is 12.1 Å². The van der Waals surface area contributed by atoms with Crippen molar-refractivity contribution in [3.63, 3.8) is 0 Å². The Balaban J connectivity index is 1.56. The number of furan rings is 1. The van der Waals surface area contributed by atoms with Gasteiger partial charge in [-0.15, -0.1) is 0 Å². The average molecular weight is 304 g/mol. The van der Waals surface area contributed by atoms with Crippen molar-refractivity contribution in [2.75, 3.05) is 13.1 Å². The van der Waals surface area contributed by atoms with Gasteiger partial charge in [0, 0.05) is 32.0 Å².